The SMILES string of the molecule is CC(=O)c1csc(-c2cc(C)ccc2C)n1. The largest absolute Gasteiger partial charge is 0.293 e. The van der Waals surface area contributed by atoms with Gasteiger partial charge in [-0.3, -0.25) is 4.79 Å². The van der Waals surface area contributed by atoms with Crippen molar-refractivity contribution in [2.75, 3.05) is 0 Å². The van der Waals surface area contributed by atoms with Crippen molar-refractivity contribution < 1.29 is 4.79 Å². The molecular formula is C13H13NOS. The summed E-state index contributed by atoms with van der Waals surface area (Å²) in [7, 11) is 0. The summed E-state index contributed by atoms with van der Waals surface area (Å²) in [5, 5.41) is 2.74. The molecule has 0 unspecified atom stereocenters. The fraction of sp³-hybridized carbons (Fsp3) is 0.231. The summed E-state index contributed by atoms with van der Waals surface area (Å²) in [6.07, 6.45) is 0. The van der Waals surface area contributed by atoms with Crippen LogP contribution in [0.2, 0.25) is 0 Å². The number of ketones is 1. The predicted octanol–water partition coefficient (Wildman–Crippen LogP) is 3.63. The lowest BCUT2D eigenvalue weighted by atomic mass is 10.1. The minimum Gasteiger partial charge on any atom is -0.293 e. The number of carbonyl (C=O) groups is 1. The molecule has 0 aliphatic carbocycles. The number of thiazole rings is 1. The Kier molecular flexibility index (Phi) is 2.88. The molecule has 2 nitrogen and oxygen atoms in total. The Balaban J connectivity index is 2.50. The molecule has 0 radical (unpaired) electrons. The van der Waals surface area contributed by atoms with E-state index in [2.05, 4.69) is 37.0 Å². The van der Waals surface area contributed by atoms with Crippen molar-refractivity contribution in [2.24, 2.45) is 0 Å². The number of carbonyl (C=O) groups excluding carboxylic acids is 1. The highest BCUT2D eigenvalue weighted by molar-refractivity contribution is 7.13. The van der Waals surface area contributed by atoms with Gasteiger partial charge in [0.05, 0.1) is 0 Å². The van der Waals surface area contributed by atoms with Crippen LogP contribution in [0.5, 0.6) is 0 Å². The van der Waals surface area contributed by atoms with E-state index in [1.54, 1.807) is 6.92 Å². The molecule has 2 aromatic rings. The van der Waals surface area contributed by atoms with E-state index in [1.165, 1.54) is 22.5 Å². The number of rotatable bonds is 2. The maximum atomic E-state index is 11.2. The summed E-state index contributed by atoms with van der Waals surface area (Å²) >= 11 is 1.52. The van der Waals surface area contributed by atoms with E-state index in [-0.39, 0.29) is 5.78 Å². The highest BCUT2D eigenvalue weighted by Gasteiger charge is 2.09. The fourth-order valence-electron chi connectivity index (χ4n) is 1.53. The molecule has 1 aromatic heterocycles. The van der Waals surface area contributed by atoms with Crippen molar-refractivity contribution in [3.63, 3.8) is 0 Å². The Bertz CT molecular complexity index is 543. The molecule has 0 atom stereocenters. The standard InChI is InChI=1S/C13H13NOS/c1-8-4-5-9(2)11(6-8)13-14-12(7-16-13)10(3)15/h4-7H,1-3H3. The minimum atomic E-state index is 0.0211. The Labute approximate surface area is 99.0 Å². The van der Waals surface area contributed by atoms with E-state index in [0.717, 1.165) is 10.6 Å². The number of aromatic nitrogens is 1. The topological polar surface area (TPSA) is 30.0 Å². The first-order chi connectivity index (χ1) is 7.58. The molecule has 1 aromatic carbocycles. The van der Waals surface area contributed by atoms with Gasteiger partial charge in [-0.2, -0.15) is 0 Å². The third-order valence-electron chi connectivity index (χ3n) is 2.49. The molecule has 16 heavy (non-hydrogen) atoms. The van der Waals surface area contributed by atoms with Crippen LogP contribution in [0.3, 0.4) is 0 Å². The molecule has 0 amide bonds. The third kappa shape index (κ3) is 2.04. The highest BCUT2D eigenvalue weighted by atomic mass is 32.1. The van der Waals surface area contributed by atoms with Gasteiger partial charge in [-0.05, 0) is 25.5 Å². The van der Waals surface area contributed by atoms with Crippen molar-refractivity contribution in [3.05, 3.63) is 40.4 Å². The molecule has 3 heteroatoms. The van der Waals surface area contributed by atoms with E-state index in [1.807, 2.05) is 5.38 Å². The minimum absolute atomic E-state index is 0.0211. The quantitative estimate of drug-likeness (QED) is 0.739. The Morgan fingerprint density at radius 1 is 1.31 bits per heavy atom. The number of aryl methyl sites for hydroxylation is 2. The van der Waals surface area contributed by atoms with Crippen molar-refractivity contribution in [1.29, 1.82) is 0 Å². The highest BCUT2D eigenvalue weighted by Crippen LogP contribution is 2.27. The number of Topliss-reactive ketones (excluding diaryl/α,β-unsaturated/α-hetero) is 1. The van der Waals surface area contributed by atoms with Gasteiger partial charge in [0.1, 0.15) is 10.7 Å². The van der Waals surface area contributed by atoms with E-state index in [9.17, 15) is 4.79 Å². The van der Waals surface area contributed by atoms with Gasteiger partial charge in [-0.1, -0.05) is 17.7 Å². The van der Waals surface area contributed by atoms with E-state index < -0.39 is 0 Å². The van der Waals surface area contributed by atoms with Crippen molar-refractivity contribution in [1.82, 2.24) is 4.98 Å². The lowest BCUT2D eigenvalue weighted by molar-refractivity contribution is 0.101. The Morgan fingerprint density at radius 2 is 2.06 bits per heavy atom. The number of hydrogen-bond donors (Lipinski definition) is 0. The fourth-order valence-corrected chi connectivity index (χ4v) is 2.47. The predicted molar refractivity (Wildman–Crippen MR) is 67.0 cm³/mol. The monoisotopic (exact) mass is 231 g/mol. The first kappa shape index (κ1) is 11.0. The van der Waals surface area contributed by atoms with Gasteiger partial charge in [0, 0.05) is 17.9 Å². The van der Waals surface area contributed by atoms with Gasteiger partial charge in [0.2, 0.25) is 0 Å². The van der Waals surface area contributed by atoms with Gasteiger partial charge >= 0.3 is 0 Å². The lowest BCUT2D eigenvalue weighted by Crippen LogP contribution is -1.92. The van der Waals surface area contributed by atoms with Crippen molar-refractivity contribution in [3.8, 4) is 10.6 Å². The summed E-state index contributed by atoms with van der Waals surface area (Å²) < 4.78 is 0. The maximum absolute atomic E-state index is 11.2. The Hall–Kier alpha value is -1.48. The zero-order chi connectivity index (χ0) is 11.7. The van der Waals surface area contributed by atoms with Crippen LogP contribution in [0.1, 0.15) is 28.5 Å². The van der Waals surface area contributed by atoms with Crippen LogP contribution in [0, 0.1) is 13.8 Å². The summed E-state index contributed by atoms with van der Waals surface area (Å²) in [4.78, 5) is 15.5. The molecule has 0 fully saturated rings. The van der Waals surface area contributed by atoms with E-state index in [0.29, 0.717) is 5.69 Å². The normalized spacial score (nSPS) is 10.4. The number of hydrogen-bond acceptors (Lipinski definition) is 3. The molecule has 0 bridgehead atoms. The molecule has 82 valence electrons. The second kappa shape index (κ2) is 4.18. The van der Waals surface area contributed by atoms with Crippen LogP contribution in [0.25, 0.3) is 10.6 Å². The second-order valence-electron chi connectivity index (χ2n) is 3.91. The first-order valence-corrected chi connectivity index (χ1v) is 6.00. The van der Waals surface area contributed by atoms with E-state index in [4.69, 9.17) is 0 Å². The molecule has 0 saturated carbocycles. The molecule has 1 heterocycles. The summed E-state index contributed by atoms with van der Waals surface area (Å²) in [5.74, 6) is 0.0211. The van der Waals surface area contributed by atoms with Gasteiger partial charge < -0.3 is 0 Å². The second-order valence-corrected chi connectivity index (χ2v) is 4.77. The molecule has 0 aliphatic rings. The van der Waals surface area contributed by atoms with Crippen LogP contribution >= 0.6 is 11.3 Å². The third-order valence-corrected chi connectivity index (χ3v) is 3.36. The molecule has 0 spiro atoms. The van der Waals surface area contributed by atoms with Crippen molar-refractivity contribution >= 4 is 17.1 Å². The van der Waals surface area contributed by atoms with E-state index >= 15 is 0 Å². The van der Waals surface area contributed by atoms with Crippen LogP contribution in [0.4, 0.5) is 0 Å². The van der Waals surface area contributed by atoms with Gasteiger partial charge in [0.25, 0.3) is 0 Å². The molecular weight excluding hydrogens is 218 g/mol. The maximum Gasteiger partial charge on any atom is 0.178 e. The lowest BCUT2D eigenvalue weighted by Gasteiger charge is -2.03. The average molecular weight is 231 g/mol. The smallest absolute Gasteiger partial charge is 0.178 e. The average Bonchev–Trinajstić information content (AvgIpc) is 2.70. The van der Waals surface area contributed by atoms with Crippen molar-refractivity contribution in [2.45, 2.75) is 20.8 Å². The summed E-state index contributed by atoms with van der Waals surface area (Å²) in [6, 6.07) is 6.27. The van der Waals surface area contributed by atoms with Gasteiger partial charge in [-0.15, -0.1) is 11.3 Å². The molecule has 2 rings (SSSR count). The Morgan fingerprint density at radius 3 is 2.69 bits per heavy atom. The van der Waals surface area contributed by atoms with Crippen LogP contribution in [0.15, 0.2) is 23.6 Å². The summed E-state index contributed by atoms with van der Waals surface area (Å²) in [6.45, 7) is 5.66. The van der Waals surface area contributed by atoms with Gasteiger partial charge in [-0.25, -0.2) is 4.98 Å². The van der Waals surface area contributed by atoms with Gasteiger partial charge in [0.15, 0.2) is 5.78 Å². The zero-order valence-corrected chi connectivity index (χ0v) is 10.4. The number of nitrogens with zero attached hydrogens (tertiary/aromatic N) is 1. The number of benzene rings is 1. The first-order valence-electron chi connectivity index (χ1n) is 5.12. The summed E-state index contributed by atoms with van der Waals surface area (Å²) in [5.41, 5.74) is 4.08. The molecule has 0 aliphatic heterocycles. The molecule has 0 N–H and O–H groups in total. The molecule has 0 saturated heterocycles. The van der Waals surface area contributed by atoms with Crippen LogP contribution in [-0.4, -0.2) is 10.8 Å². The zero-order valence-electron chi connectivity index (χ0n) is 9.57. The van der Waals surface area contributed by atoms with Crippen LogP contribution in [-0.2, 0) is 0 Å². The van der Waals surface area contributed by atoms with Crippen LogP contribution < -0.4 is 0 Å².